The lowest BCUT2D eigenvalue weighted by Gasteiger charge is -2.33. The van der Waals surface area contributed by atoms with E-state index >= 15 is 0 Å². The van der Waals surface area contributed by atoms with Gasteiger partial charge >= 0.3 is 0 Å². The average Bonchev–Trinajstić information content (AvgIpc) is 2.58. The average molecular weight is 343 g/mol. The van der Waals surface area contributed by atoms with E-state index in [0.717, 1.165) is 16.8 Å². The van der Waals surface area contributed by atoms with Crippen molar-refractivity contribution >= 4 is 29.1 Å². The highest BCUT2D eigenvalue weighted by Crippen LogP contribution is 2.30. The van der Waals surface area contributed by atoms with Gasteiger partial charge in [-0.3, -0.25) is 9.59 Å². The zero-order valence-electron chi connectivity index (χ0n) is 13.2. The monoisotopic (exact) mass is 342 g/mol. The van der Waals surface area contributed by atoms with Crippen molar-refractivity contribution in [2.45, 2.75) is 19.3 Å². The Bertz CT molecular complexity index is 775. The van der Waals surface area contributed by atoms with Crippen molar-refractivity contribution in [1.82, 2.24) is 0 Å². The van der Waals surface area contributed by atoms with Gasteiger partial charge in [-0.2, -0.15) is 0 Å². The summed E-state index contributed by atoms with van der Waals surface area (Å²) in [5, 5.41) is 0.664. The van der Waals surface area contributed by atoms with Crippen LogP contribution in [0.2, 0.25) is 5.02 Å². The lowest BCUT2D eigenvalue weighted by Crippen LogP contribution is -2.44. The van der Waals surface area contributed by atoms with Crippen molar-refractivity contribution in [2.75, 3.05) is 11.4 Å². The van der Waals surface area contributed by atoms with Crippen LogP contribution >= 0.6 is 11.6 Å². The molecule has 1 atom stereocenters. The fraction of sp³-hybridized carbons (Fsp3) is 0.263. The van der Waals surface area contributed by atoms with Crippen LogP contribution in [0.25, 0.3) is 0 Å². The standard InChI is InChI=1S/C19H19ClN2O2/c20-16-6-3-4-13(10-16)8-9-18(23)22-12-15(19(21)24)11-14-5-1-2-7-17(14)22/h1-7,10,15H,8-9,11-12H2,(H2,21,24). The number of carbonyl (C=O) groups is 2. The molecule has 1 unspecified atom stereocenters. The molecule has 3 rings (SSSR count). The van der Waals surface area contributed by atoms with Gasteiger partial charge in [-0.25, -0.2) is 0 Å². The zero-order chi connectivity index (χ0) is 17.1. The molecule has 0 radical (unpaired) electrons. The summed E-state index contributed by atoms with van der Waals surface area (Å²) < 4.78 is 0. The van der Waals surface area contributed by atoms with E-state index in [1.165, 1.54) is 0 Å². The highest BCUT2D eigenvalue weighted by atomic mass is 35.5. The lowest BCUT2D eigenvalue weighted by molar-refractivity contribution is -0.122. The molecule has 2 N–H and O–H groups in total. The first kappa shape index (κ1) is 16.5. The maximum absolute atomic E-state index is 12.7. The van der Waals surface area contributed by atoms with Gasteiger partial charge < -0.3 is 10.6 Å². The predicted molar refractivity (Wildman–Crippen MR) is 95.0 cm³/mol. The third-order valence-electron chi connectivity index (χ3n) is 4.37. The van der Waals surface area contributed by atoms with Crippen molar-refractivity contribution in [3.05, 3.63) is 64.7 Å². The second-order valence-corrected chi connectivity index (χ2v) is 6.50. The van der Waals surface area contributed by atoms with E-state index < -0.39 is 0 Å². The molecule has 5 heteroatoms. The number of primary amides is 1. The Morgan fingerprint density at radius 1 is 1.17 bits per heavy atom. The first-order chi connectivity index (χ1) is 11.5. The number of carbonyl (C=O) groups excluding carboxylic acids is 2. The number of nitrogens with zero attached hydrogens (tertiary/aromatic N) is 1. The lowest BCUT2D eigenvalue weighted by atomic mass is 9.91. The molecule has 0 saturated heterocycles. The third-order valence-corrected chi connectivity index (χ3v) is 4.61. The molecule has 124 valence electrons. The molecule has 2 aromatic rings. The van der Waals surface area contributed by atoms with Gasteiger partial charge in [0.2, 0.25) is 11.8 Å². The number of anilines is 1. The number of para-hydroxylation sites is 1. The van der Waals surface area contributed by atoms with Gasteiger partial charge in [0.25, 0.3) is 0 Å². The van der Waals surface area contributed by atoms with Gasteiger partial charge in [-0.05, 0) is 42.2 Å². The van der Waals surface area contributed by atoms with E-state index in [1.54, 1.807) is 4.90 Å². The zero-order valence-corrected chi connectivity index (χ0v) is 14.0. The minimum Gasteiger partial charge on any atom is -0.369 e. The molecule has 1 aliphatic heterocycles. The van der Waals surface area contributed by atoms with Crippen LogP contribution in [0.1, 0.15) is 17.5 Å². The fourth-order valence-corrected chi connectivity index (χ4v) is 3.31. The van der Waals surface area contributed by atoms with Gasteiger partial charge in [0.05, 0.1) is 5.92 Å². The molecule has 0 bridgehead atoms. The number of fused-ring (bicyclic) bond motifs is 1. The molecular weight excluding hydrogens is 324 g/mol. The fourth-order valence-electron chi connectivity index (χ4n) is 3.10. The molecule has 0 fully saturated rings. The number of hydrogen-bond acceptors (Lipinski definition) is 2. The first-order valence-corrected chi connectivity index (χ1v) is 8.34. The Morgan fingerprint density at radius 2 is 1.96 bits per heavy atom. The molecular formula is C19H19ClN2O2. The van der Waals surface area contributed by atoms with Crippen molar-refractivity contribution in [2.24, 2.45) is 11.7 Å². The predicted octanol–water partition coefficient (Wildman–Crippen LogP) is 2.96. The van der Waals surface area contributed by atoms with Gasteiger partial charge in [-0.1, -0.05) is 41.9 Å². The van der Waals surface area contributed by atoms with E-state index in [2.05, 4.69) is 0 Å². The second kappa shape index (κ2) is 7.05. The van der Waals surface area contributed by atoms with Crippen LogP contribution in [0.5, 0.6) is 0 Å². The topological polar surface area (TPSA) is 63.4 Å². The minimum atomic E-state index is -0.364. The SMILES string of the molecule is NC(=O)C1Cc2ccccc2N(C(=O)CCc2cccc(Cl)c2)C1. The summed E-state index contributed by atoms with van der Waals surface area (Å²) in [5.74, 6) is -0.708. The van der Waals surface area contributed by atoms with Gasteiger partial charge in [-0.15, -0.1) is 0 Å². The van der Waals surface area contributed by atoms with Crippen molar-refractivity contribution in [1.29, 1.82) is 0 Å². The van der Waals surface area contributed by atoms with Crippen LogP contribution in [-0.2, 0) is 22.4 Å². The molecule has 1 aliphatic rings. The summed E-state index contributed by atoms with van der Waals surface area (Å²) in [6.45, 7) is 0.348. The molecule has 4 nitrogen and oxygen atoms in total. The summed E-state index contributed by atoms with van der Waals surface area (Å²) in [6.07, 6.45) is 1.56. The molecule has 0 aromatic heterocycles. The van der Waals surface area contributed by atoms with Gasteiger partial charge in [0, 0.05) is 23.7 Å². The van der Waals surface area contributed by atoms with Crippen molar-refractivity contribution in [3.8, 4) is 0 Å². The summed E-state index contributed by atoms with van der Waals surface area (Å²) >= 11 is 5.98. The Balaban J connectivity index is 1.76. The van der Waals surface area contributed by atoms with Crippen LogP contribution in [-0.4, -0.2) is 18.4 Å². The highest BCUT2D eigenvalue weighted by Gasteiger charge is 2.30. The number of benzene rings is 2. The quantitative estimate of drug-likeness (QED) is 0.928. The van der Waals surface area contributed by atoms with Crippen LogP contribution in [0.4, 0.5) is 5.69 Å². The molecule has 0 spiro atoms. The molecule has 2 aromatic carbocycles. The maximum Gasteiger partial charge on any atom is 0.227 e. The van der Waals surface area contributed by atoms with E-state index in [9.17, 15) is 9.59 Å². The number of nitrogens with two attached hydrogens (primary N) is 1. The van der Waals surface area contributed by atoms with Gasteiger partial charge in [0.1, 0.15) is 0 Å². The van der Waals surface area contributed by atoms with Crippen LogP contribution in [0.15, 0.2) is 48.5 Å². The van der Waals surface area contributed by atoms with Crippen molar-refractivity contribution in [3.63, 3.8) is 0 Å². The first-order valence-electron chi connectivity index (χ1n) is 7.96. The molecule has 2 amide bonds. The van der Waals surface area contributed by atoms with Crippen LogP contribution in [0, 0.1) is 5.92 Å². The van der Waals surface area contributed by atoms with Crippen LogP contribution in [0.3, 0.4) is 0 Å². The third kappa shape index (κ3) is 3.60. The van der Waals surface area contributed by atoms with E-state index in [0.29, 0.717) is 30.8 Å². The summed E-state index contributed by atoms with van der Waals surface area (Å²) in [7, 11) is 0. The van der Waals surface area contributed by atoms with Crippen molar-refractivity contribution < 1.29 is 9.59 Å². The summed E-state index contributed by atoms with van der Waals surface area (Å²) in [5.41, 5.74) is 8.37. The smallest absolute Gasteiger partial charge is 0.227 e. The number of rotatable bonds is 4. The normalized spacial score (nSPS) is 16.5. The number of amides is 2. The number of halogens is 1. The number of aryl methyl sites for hydroxylation is 1. The highest BCUT2D eigenvalue weighted by molar-refractivity contribution is 6.30. The number of hydrogen-bond donors (Lipinski definition) is 1. The van der Waals surface area contributed by atoms with Crippen LogP contribution < -0.4 is 10.6 Å². The van der Waals surface area contributed by atoms with E-state index in [4.69, 9.17) is 17.3 Å². The molecule has 1 heterocycles. The minimum absolute atomic E-state index is 0.00613. The summed E-state index contributed by atoms with van der Waals surface area (Å²) in [4.78, 5) is 26.0. The largest absolute Gasteiger partial charge is 0.369 e. The Kier molecular flexibility index (Phi) is 4.86. The Hall–Kier alpha value is -2.33. The van der Waals surface area contributed by atoms with Gasteiger partial charge in [0.15, 0.2) is 0 Å². The van der Waals surface area contributed by atoms with E-state index in [1.807, 2.05) is 48.5 Å². The van der Waals surface area contributed by atoms with E-state index in [-0.39, 0.29) is 17.7 Å². The summed E-state index contributed by atoms with van der Waals surface area (Å²) in [6, 6.07) is 15.2. The second-order valence-electron chi connectivity index (χ2n) is 6.07. The Morgan fingerprint density at radius 3 is 2.71 bits per heavy atom. The maximum atomic E-state index is 12.7. The molecule has 0 saturated carbocycles. The molecule has 24 heavy (non-hydrogen) atoms. The molecule has 0 aliphatic carbocycles. The Labute approximate surface area is 146 Å².